The number of ether oxygens (including phenoxy) is 1. The third-order valence-corrected chi connectivity index (χ3v) is 4.14. The van der Waals surface area contributed by atoms with Gasteiger partial charge >= 0.3 is 5.97 Å². The zero-order valence-electron chi connectivity index (χ0n) is 13.2. The van der Waals surface area contributed by atoms with Gasteiger partial charge in [-0.05, 0) is 23.8 Å². The molecule has 0 amide bonds. The van der Waals surface area contributed by atoms with Crippen molar-refractivity contribution < 1.29 is 14.5 Å². The molecule has 0 aliphatic carbocycles. The third-order valence-electron chi connectivity index (χ3n) is 3.13. The number of nitrogens with zero attached hydrogens (tertiary/aromatic N) is 1. The SMILES string of the molecule is CC(=O)OCc1ccc(NCCSc2ccccc2)c([N+](=O)[O-])c1. The Hall–Kier alpha value is -2.54. The number of benzene rings is 2. The molecule has 126 valence electrons. The molecule has 0 atom stereocenters. The Kier molecular flexibility index (Phi) is 6.62. The third kappa shape index (κ3) is 5.58. The average molecular weight is 346 g/mol. The van der Waals surface area contributed by atoms with Crippen LogP contribution in [0.25, 0.3) is 0 Å². The Morgan fingerprint density at radius 2 is 2.00 bits per heavy atom. The van der Waals surface area contributed by atoms with Crippen LogP contribution < -0.4 is 5.32 Å². The van der Waals surface area contributed by atoms with Crippen LogP contribution in [-0.4, -0.2) is 23.2 Å². The van der Waals surface area contributed by atoms with Gasteiger partial charge in [0, 0.05) is 30.2 Å². The van der Waals surface area contributed by atoms with Crippen molar-refractivity contribution in [1.29, 1.82) is 0 Å². The molecule has 2 aromatic carbocycles. The van der Waals surface area contributed by atoms with Crippen molar-refractivity contribution in [2.24, 2.45) is 0 Å². The zero-order valence-corrected chi connectivity index (χ0v) is 14.0. The van der Waals surface area contributed by atoms with Crippen LogP contribution in [0.5, 0.6) is 0 Å². The first kappa shape index (κ1) is 17.8. The summed E-state index contributed by atoms with van der Waals surface area (Å²) in [6, 6.07) is 14.7. The van der Waals surface area contributed by atoms with E-state index >= 15 is 0 Å². The van der Waals surface area contributed by atoms with Gasteiger partial charge in [-0.1, -0.05) is 24.3 Å². The lowest BCUT2D eigenvalue weighted by atomic mass is 10.2. The van der Waals surface area contributed by atoms with Crippen LogP contribution in [0.1, 0.15) is 12.5 Å². The van der Waals surface area contributed by atoms with E-state index in [0.717, 1.165) is 10.6 Å². The second-order valence-electron chi connectivity index (χ2n) is 4.98. The van der Waals surface area contributed by atoms with Crippen molar-refractivity contribution in [1.82, 2.24) is 0 Å². The summed E-state index contributed by atoms with van der Waals surface area (Å²) in [5.74, 6) is 0.369. The van der Waals surface area contributed by atoms with Crippen LogP contribution in [0.3, 0.4) is 0 Å². The molecule has 0 unspecified atom stereocenters. The Morgan fingerprint density at radius 1 is 1.25 bits per heavy atom. The number of nitro groups is 1. The standard InChI is InChI=1S/C17H18N2O4S/c1-13(20)23-12-14-7-8-16(17(11-14)19(21)22)18-9-10-24-15-5-3-2-4-6-15/h2-8,11,18H,9-10,12H2,1H3. The number of nitro benzene ring substituents is 1. The summed E-state index contributed by atoms with van der Waals surface area (Å²) in [6.45, 7) is 1.93. The minimum Gasteiger partial charge on any atom is -0.461 e. The molecule has 0 bridgehead atoms. The van der Waals surface area contributed by atoms with E-state index in [-0.39, 0.29) is 12.3 Å². The van der Waals surface area contributed by atoms with E-state index in [2.05, 4.69) is 5.32 Å². The van der Waals surface area contributed by atoms with E-state index in [0.29, 0.717) is 17.8 Å². The molecule has 0 saturated carbocycles. The van der Waals surface area contributed by atoms with Crippen LogP contribution in [0.15, 0.2) is 53.4 Å². The lowest BCUT2D eigenvalue weighted by molar-refractivity contribution is -0.384. The topological polar surface area (TPSA) is 81.5 Å². The highest BCUT2D eigenvalue weighted by atomic mass is 32.2. The number of hydrogen-bond donors (Lipinski definition) is 1. The second-order valence-corrected chi connectivity index (χ2v) is 6.15. The van der Waals surface area contributed by atoms with Gasteiger partial charge in [0.1, 0.15) is 12.3 Å². The highest BCUT2D eigenvalue weighted by Crippen LogP contribution is 2.26. The fourth-order valence-corrected chi connectivity index (χ4v) is 2.81. The number of hydrogen-bond acceptors (Lipinski definition) is 6. The minimum atomic E-state index is -0.441. The van der Waals surface area contributed by atoms with Gasteiger partial charge in [0.2, 0.25) is 0 Å². The fraction of sp³-hybridized carbons (Fsp3) is 0.235. The normalized spacial score (nSPS) is 10.2. The molecule has 7 heteroatoms. The molecule has 0 heterocycles. The first-order chi connectivity index (χ1) is 11.6. The van der Waals surface area contributed by atoms with Crippen LogP contribution in [0.2, 0.25) is 0 Å². The van der Waals surface area contributed by atoms with E-state index in [1.165, 1.54) is 13.0 Å². The summed E-state index contributed by atoms with van der Waals surface area (Å²) in [5, 5.41) is 14.3. The van der Waals surface area contributed by atoms with E-state index in [9.17, 15) is 14.9 Å². The van der Waals surface area contributed by atoms with Gasteiger partial charge in [0.25, 0.3) is 5.69 Å². The van der Waals surface area contributed by atoms with E-state index in [1.807, 2.05) is 30.3 Å². The number of rotatable bonds is 8. The van der Waals surface area contributed by atoms with Crippen LogP contribution in [0.4, 0.5) is 11.4 Å². The molecule has 0 spiro atoms. The number of esters is 1. The first-order valence-corrected chi connectivity index (χ1v) is 8.37. The monoisotopic (exact) mass is 346 g/mol. The molecule has 0 aliphatic rings. The highest BCUT2D eigenvalue weighted by molar-refractivity contribution is 7.99. The van der Waals surface area contributed by atoms with Crippen molar-refractivity contribution >= 4 is 29.1 Å². The quantitative estimate of drug-likeness (QED) is 0.257. The number of anilines is 1. The summed E-state index contributed by atoms with van der Waals surface area (Å²) in [5.41, 5.74) is 1.02. The van der Waals surface area contributed by atoms with Gasteiger partial charge in [-0.25, -0.2) is 0 Å². The van der Waals surface area contributed by atoms with Crippen LogP contribution in [0, 0.1) is 10.1 Å². The number of nitrogens with one attached hydrogen (secondary N) is 1. The Morgan fingerprint density at radius 3 is 2.67 bits per heavy atom. The highest BCUT2D eigenvalue weighted by Gasteiger charge is 2.14. The predicted molar refractivity (Wildman–Crippen MR) is 94.2 cm³/mol. The summed E-state index contributed by atoms with van der Waals surface area (Å²) in [4.78, 5) is 22.8. The number of carbonyl (C=O) groups excluding carboxylic acids is 1. The largest absolute Gasteiger partial charge is 0.461 e. The molecular formula is C17H18N2O4S. The molecule has 24 heavy (non-hydrogen) atoms. The van der Waals surface area contributed by atoms with E-state index < -0.39 is 10.9 Å². The average Bonchev–Trinajstić information content (AvgIpc) is 2.58. The van der Waals surface area contributed by atoms with Gasteiger partial charge < -0.3 is 10.1 Å². The van der Waals surface area contributed by atoms with Crippen molar-refractivity contribution in [3.63, 3.8) is 0 Å². The lowest BCUT2D eigenvalue weighted by Gasteiger charge is -2.09. The molecule has 0 fully saturated rings. The fourth-order valence-electron chi connectivity index (χ4n) is 2.02. The number of thioether (sulfide) groups is 1. The van der Waals surface area contributed by atoms with E-state index in [4.69, 9.17) is 4.74 Å². The van der Waals surface area contributed by atoms with Crippen molar-refractivity contribution in [2.75, 3.05) is 17.6 Å². The summed E-state index contributed by atoms with van der Waals surface area (Å²) >= 11 is 1.68. The Labute approximate surface area is 144 Å². The maximum atomic E-state index is 11.2. The summed E-state index contributed by atoms with van der Waals surface area (Å²) in [6.07, 6.45) is 0. The van der Waals surface area contributed by atoms with Gasteiger partial charge in [0.05, 0.1) is 4.92 Å². The lowest BCUT2D eigenvalue weighted by Crippen LogP contribution is -2.07. The zero-order chi connectivity index (χ0) is 17.4. The van der Waals surface area contributed by atoms with Crippen LogP contribution >= 0.6 is 11.8 Å². The predicted octanol–water partition coefficient (Wildman–Crippen LogP) is 3.86. The van der Waals surface area contributed by atoms with Crippen molar-refractivity contribution in [3.8, 4) is 0 Å². The molecule has 0 aliphatic heterocycles. The Balaban J connectivity index is 1.93. The summed E-state index contributed by atoms with van der Waals surface area (Å²) in [7, 11) is 0. The first-order valence-electron chi connectivity index (χ1n) is 7.38. The van der Waals surface area contributed by atoms with E-state index in [1.54, 1.807) is 23.9 Å². The molecular weight excluding hydrogens is 328 g/mol. The van der Waals surface area contributed by atoms with Gasteiger partial charge in [-0.15, -0.1) is 11.8 Å². The van der Waals surface area contributed by atoms with Crippen molar-refractivity contribution in [2.45, 2.75) is 18.4 Å². The molecule has 0 radical (unpaired) electrons. The van der Waals surface area contributed by atoms with Crippen molar-refractivity contribution in [3.05, 3.63) is 64.2 Å². The Bertz CT molecular complexity index is 707. The molecule has 2 rings (SSSR count). The van der Waals surface area contributed by atoms with Gasteiger partial charge in [0.15, 0.2) is 0 Å². The minimum absolute atomic E-state index is 0.0237. The second kappa shape index (κ2) is 8.93. The van der Waals surface area contributed by atoms with Gasteiger partial charge in [-0.2, -0.15) is 0 Å². The molecule has 2 aromatic rings. The molecule has 6 nitrogen and oxygen atoms in total. The number of carbonyl (C=O) groups is 1. The van der Waals surface area contributed by atoms with Gasteiger partial charge in [-0.3, -0.25) is 14.9 Å². The maximum absolute atomic E-state index is 11.2. The maximum Gasteiger partial charge on any atom is 0.302 e. The smallest absolute Gasteiger partial charge is 0.302 e. The molecule has 1 N–H and O–H groups in total. The molecule has 0 saturated heterocycles. The molecule has 0 aromatic heterocycles. The summed E-state index contributed by atoms with van der Waals surface area (Å²) < 4.78 is 4.86. The van der Waals surface area contributed by atoms with Crippen LogP contribution in [-0.2, 0) is 16.1 Å².